The first-order chi connectivity index (χ1) is 9.47. The molecular weight excluding hydrogens is 262 g/mol. The van der Waals surface area contributed by atoms with Gasteiger partial charge in [-0.1, -0.05) is 24.3 Å². The summed E-state index contributed by atoms with van der Waals surface area (Å²) in [5.74, 6) is -1.92. The lowest BCUT2D eigenvalue weighted by molar-refractivity contribution is -0.138. The molecule has 0 saturated carbocycles. The van der Waals surface area contributed by atoms with Gasteiger partial charge in [-0.2, -0.15) is 0 Å². The number of carboxylic acids is 1. The summed E-state index contributed by atoms with van der Waals surface area (Å²) in [6.07, 6.45) is 0. The number of benzene rings is 1. The van der Waals surface area contributed by atoms with Gasteiger partial charge in [-0.05, 0) is 11.1 Å². The molecule has 1 aromatic rings. The number of nitrogens with two attached hydrogens (primary N) is 1. The molecule has 0 spiro atoms. The molecule has 2 rings (SSSR count). The van der Waals surface area contributed by atoms with Crippen molar-refractivity contribution in [2.45, 2.75) is 13.1 Å². The van der Waals surface area contributed by atoms with Crippen LogP contribution in [0.15, 0.2) is 24.3 Å². The van der Waals surface area contributed by atoms with Gasteiger partial charge in [-0.15, -0.1) is 0 Å². The van der Waals surface area contributed by atoms with Crippen molar-refractivity contribution in [3.8, 4) is 0 Å². The quantitative estimate of drug-likeness (QED) is 0.807. The van der Waals surface area contributed by atoms with Gasteiger partial charge in [0.2, 0.25) is 5.91 Å². The zero-order valence-corrected chi connectivity index (χ0v) is 10.8. The third kappa shape index (κ3) is 3.05. The Morgan fingerprint density at radius 1 is 1.15 bits per heavy atom. The van der Waals surface area contributed by atoms with Crippen molar-refractivity contribution >= 4 is 17.9 Å². The van der Waals surface area contributed by atoms with Crippen molar-refractivity contribution in [3.63, 3.8) is 0 Å². The van der Waals surface area contributed by atoms with Gasteiger partial charge in [0.05, 0.1) is 0 Å². The van der Waals surface area contributed by atoms with Crippen molar-refractivity contribution in [2.24, 2.45) is 5.73 Å². The molecule has 0 saturated heterocycles. The van der Waals surface area contributed by atoms with Crippen molar-refractivity contribution < 1.29 is 19.5 Å². The molecular formula is C13H15N3O4. The van der Waals surface area contributed by atoms with Crippen molar-refractivity contribution in [2.75, 3.05) is 13.1 Å². The smallest absolute Gasteiger partial charge is 0.323 e. The Morgan fingerprint density at radius 2 is 1.70 bits per heavy atom. The number of aliphatic carboxylic acids is 1. The molecule has 0 aliphatic carbocycles. The second kappa shape index (κ2) is 5.60. The second-order valence-corrected chi connectivity index (χ2v) is 4.62. The summed E-state index contributed by atoms with van der Waals surface area (Å²) in [4.78, 5) is 36.4. The standard InChI is InChI=1S/C13H15N3O4/c14-11(17)7-16(8-12(18)19)13(20)15-5-9-3-1-2-4-10(9)6-15/h1-4H,5-8H2,(H2,14,17)(H,18,19). The van der Waals surface area contributed by atoms with Crippen LogP contribution in [-0.4, -0.2) is 45.9 Å². The van der Waals surface area contributed by atoms with Crippen molar-refractivity contribution in [1.82, 2.24) is 9.80 Å². The van der Waals surface area contributed by atoms with E-state index >= 15 is 0 Å². The van der Waals surface area contributed by atoms with Crippen LogP contribution >= 0.6 is 0 Å². The molecule has 106 valence electrons. The van der Waals surface area contributed by atoms with Crippen LogP contribution < -0.4 is 5.73 Å². The summed E-state index contributed by atoms with van der Waals surface area (Å²) < 4.78 is 0. The maximum absolute atomic E-state index is 12.3. The first-order valence-corrected chi connectivity index (χ1v) is 6.08. The number of hydrogen-bond acceptors (Lipinski definition) is 3. The fourth-order valence-corrected chi connectivity index (χ4v) is 2.21. The Hall–Kier alpha value is -2.57. The minimum atomic E-state index is -1.18. The van der Waals surface area contributed by atoms with Gasteiger partial charge in [0.25, 0.3) is 0 Å². The lowest BCUT2D eigenvalue weighted by Crippen LogP contribution is -2.46. The van der Waals surface area contributed by atoms with Crippen LogP contribution in [0.1, 0.15) is 11.1 Å². The molecule has 0 atom stereocenters. The highest BCUT2D eigenvalue weighted by atomic mass is 16.4. The van der Waals surface area contributed by atoms with E-state index in [1.54, 1.807) is 0 Å². The first kappa shape index (κ1) is 13.9. The molecule has 1 aromatic carbocycles. The SMILES string of the molecule is NC(=O)CN(CC(=O)O)C(=O)N1Cc2ccccc2C1. The second-order valence-electron chi connectivity index (χ2n) is 4.62. The average molecular weight is 277 g/mol. The number of primary amides is 1. The highest BCUT2D eigenvalue weighted by Crippen LogP contribution is 2.23. The summed E-state index contributed by atoms with van der Waals surface area (Å²) in [7, 11) is 0. The topological polar surface area (TPSA) is 104 Å². The van der Waals surface area contributed by atoms with E-state index < -0.39 is 31.0 Å². The number of carboxylic acid groups (broad SMARTS) is 1. The van der Waals surface area contributed by atoms with Crippen molar-refractivity contribution in [1.29, 1.82) is 0 Å². The summed E-state index contributed by atoms with van der Waals surface area (Å²) >= 11 is 0. The minimum Gasteiger partial charge on any atom is -0.480 e. The van der Waals surface area contributed by atoms with Crippen molar-refractivity contribution in [3.05, 3.63) is 35.4 Å². The lowest BCUT2D eigenvalue weighted by Gasteiger charge is -2.25. The van der Waals surface area contributed by atoms with Gasteiger partial charge < -0.3 is 20.6 Å². The molecule has 20 heavy (non-hydrogen) atoms. The summed E-state index contributed by atoms with van der Waals surface area (Å²) in [6.45, 7) is -0.139. The monoisotopic (exact) mass is 277 g/mol. The molecule has 1 aliphatic heterocycles. The van der Waals surface area contributed by atoms with E-state index in [9.17, 15) is 14.4 Å². The van der Waals surface area contributed by atoms with Gasteiger partial charge >= 0.3 is 12.0 Å². The molecule has 7 nitrogen and oxygen atoms in total. The highest BCUT2D eigenvalue weighted by molar-refractivity contribution is 5.86. The van der Waals surface area contributed by atoms with E-state index in [0.717, 1.165) is 16.0 Å². The van der Waals surface area contributed by atoms with Gasteiger partial charge in [0, 0.05) is 13.1 Å². The number of fused-ring (bicyclic) bond motifs is 1. The predicted octanol–water partition coefficient (Wildman–Crippen LogP) is -0.00590. The van der Waals surface area contributed by atoms with E-state index in [-0.39, 0.29) is 0 Å². The number of hydrogen-bond donors (Lipinski definition) is 2. The first-order valence-electron chi connectivity index (χ1n) is 6.08. The maximum Gasteiger partial charge on any atom is 0.323 e. The maximum atomic E-state index is 12.3. The van der Waals surface area contributed by atoms with Crippen LogP contribution in [-0.2, 0) is 22.7 Å². The number of nitrogens with zero attached hydrogens (tertiary/aromatic N) is 2. The normalized spacial score (nSPS) is 12.9. The Morgan fingerprint density at radius 3 is 2.15 bits per heavy atom. The van der Waals surface area contributed by atoms with E-state index in [1.165, 1.54) is 4.90 Å². The summed E-state index contributed by atoms with van der Waals surface area (Å²) in [5.41, 5.74) is 7.09. The zero-order chi connectivity index (χ0) is 14.7. The molecule has 3 amide bonds. The van der Waals surface area contributed by atoms with Crippen LogP contribution in [0.3, 0.4) is 0 Å². The molecule has 1 heterocycles. The number of carbonyl (C=O) groups excluding carboxylic acids is 2. The molecule has 7 heteroatoms. The van der Waals surface area contributed by atoms with E-state index in [0.29, 0.717) is 13.1 Å². The minimum absolute atomic E-state index is 0.405. The average Bonchev–Trinajstić information content (AvgIpc) is 2.79. The molecule has 0 aromatic heterocycles. The third-order valence-electron chi connectivity index (χ3n) is 3.05. The van der Waals surface area contributed by atoms with Gasteiger partial charge in [0.15, 0.2) is 0 Å². The molecule has 0 unspecified atom stereocenters. The number of amides is 3. The van der Waals surface area contributed by atoms with E-state index in [4.69, 9.17) is 10.8 Å². The number of urea groups is 1. The van der Waals surface area contributed by atoms with Crippen LogP contribution in [0.2, 0.25) is 0 Å². The predicted molar refractivity (Wildman–Crippen MR) is 69.5 cm³/mol. The van der Waals surface area contributed by atoms with Crippen LogP contribution in [0, 0.1) is 0 Å². The molecule has 1 aliphatic rings. The fraction of sp³-hybridized carbons (Fsp3) is 0.308. The van der Waals surface area contributed by atoms with Gasteiger partial charge in [-0.3, -0.25) is 9.59 Å². The lowest BCUT2D eigenvalue weighted by atomic mass is 10.1. The number of rotatable bonds is 4. The van der Waals surface area contributed by atoms with Crippen LogP contribution in [0.4, 0.5) is 4.79 Å². The third-order valence-corrected chi connectivity index (χ3v) is 3.05. The molecule has 0 radical (unpaired) electrons. The van der Waals surface area contributed by atoms with Crippen LogP contribution in [0.25, 0.3) is 0 Å². The van der Waals surface area contributed by atoms with E-state index in [1.807, 2.05) is 24.3 Å². The number of carbonyl (C=O) groups is 3. The highest BCUT2D eigenvalue weighted by Gasteiger charge is 2.28. The van der Waals surface area contributed by atoms with Gasteiger partial charge in [-0.25, -0.2) is 4.79 Å². The Kier molecular flexibility index (Phi) is 3.88. The molecule has 0 bridgehead atoms. The van der Waals surface area contributed by atoms with Gasteiger partial charge in [0.1, 0.15) is 13.1 Å². The zero-order valence-electron chi connectivity index (χ0n) is 10.8. The summed E-state index contributed by atoms with van der Waals surface area (Å²) in [6, 6.07) is 7.09. The Balaban J connectivity index is 2.09. The fourth-order valence-electron chi connectivity index (χ4n) is 2.21. The summed E-state index contributed by atoms with van der Waals surface area (Å²) in [5, 5.41) is 8.80. The Labute approximate surface area is 115 Å². The largest absolute Gasteiger partial charge is 0.480 e. The van der Waals surface area contributed by atoms with Crippen LogP contribution in [0.5, 0.6) is 0 Å². The molecule has 0 fully saturated rings. The molecule has 3 N–H and O–H groups in total. The van der Waals surface area contributed by atoms with E-state index in [2.05, 4.69) is 0 Å². The Bertz CT molecular complexity index is 517.